The van der Waals surface area contributed by atoms with E-state index in [0.717, 1.165) is 55.7 Å². The molecule has 0 saturated carbocycles. The predicted octanol–water partition coefficient (Wildman–Crippen LogP) is 13.2. The van der Waals surface area contributed by atoms with Gasteiger partial charge in [-0.2, -0.15) is 21.0 Å². The second-order valence-corrected chi connectivity index (χ2v) is 15.1. The minimum absolute atomic E-state index is 0.284. The van der Waals surface area contributed by atoms with Crippen LogP contribution in [0.3, 0.4) is 0 Å². The van der Waals surface area contributed by atoms with Crippen LogP contribution in [0.25, 0.3) is 72.5 Å². The zero-order chi connectivity index (χ0) is 43.6. The lowest BCUT2D eigenvalue weighted by molar-refractivity contribution is 1.18. The molecular weight excluding hydrogens is 785 g/mol. The van der Waals surface area contributed by atoms with Gasteiger partial charge in [-0.05, 0) is 126 Å². The third-order valence-electron chi connectivity index (χ3n) is 11.3. The van der Waals surface area contributed by atoms with Crippen LogP contribution in [0.1, 0.15) is 22.3 Å². The van der Waals surface area contributed by atoms with Crippen molar-refractivity contribution in [3.63, 3.8) is 0 Å². The van der Waals surface area contributed by atoms with Gasteiger partial charge in [0.2, 0.25) is 0 Å². The van der Waals surface area contributed by atoms with Crippen LogP contribution in [0.5, 0.6) is 0 Å². The third kappa shape index (κ3) is 7.02. The van der Waals surface area contributed by atoms with Gasteiger partial charge >= 0.3 is 0 Å². The van der Waals surface area contributed by atoms with E-state index in [1.807, 2.05) is 24.3 Å². The minimum atomic E-state index is 0.284. The third-order valence-corrected chi connectivity index (χ3v) is 11.3. The lowest BCUT2D eigenvalue weighted by atomic mass is 9.92. The molecule has 10 aromatic rings. The number of aromatic nitrogens is 3. The number of rotatable bonds is 8. The summed E-state index contributed by atoms with van der Waals surface area (Å²) in [5, 5.41) is 42.3. The van der Waals surface area contributed by atoms with Gasteiger partial charge in [-0.25, -0.2) is 9.97 Å². The van der Waals surface area contributed by atoms with Crippen LogP contribution < -0.4 is 4.90 Å². The van der Waals surface area contributed by atoms with Crippen LogP contribution in [-0.4, -0.2) is 14.5 Å². The fourth-order valence-electron chi connectivity index (χ4n) is 8.31. The van der Waals surface area contributed by atoms with Crippen molar-refractivity contribution in [2.75, 3.05) is 4.90 Å². The van der Waals surface area contributed by atoms with E-state index < -0.39 is 0 Å². The Morgan fingerprint density at radius 1 is 0.391 bits per heavy atom. The summed E-state index contributed by atoms with van der Waals surface area (Å²) in [7, 11) is 0. The van der Waals surface area contributed by atoms with Crippen molar-refractivity contribution in [3.8, 4) is 75.0 Å². The number of hydrogen-bond acceptors (Lipinski definition) is 7. The molecule has 8 heteroatoms. The molecule has 2 aromatic heterocycles. The zero-order valence-corrected chi connectivity index (χ0v) is 34.1. The van der Waals surface area contributed by atoms with Gasteiger partial charge in [0.15, 0.2) is 5.82 Å². The highest BCUT2D eigenvalue weighted by atomic mass is 15.1. The molecule has 0 unspecified atom stereocenters. The van der Waals surface area contributed by atoms with E-state index in [1.54, 1.807) is 66.7 Å². The van der Waals surface area contributed by atoms with E-state index in [-0.39, 0.29) is 11.1 Å². The first kappa shape index (κ1) is 38.6. The zero-order valence-electron chi connectivity index (χ0n) is 34.1. The molecule has 0 amide bonds. The molecule has 0 fully saturated rings. The maximum Gasteiger partial charge on any atom is 0.160 e. The van der Waals surface area contributed by atoms with Crippen molar-refractivity contribution in [1.82, 2.24) is 14.5 Å². The molecule has 0 radical (unpaired) electrons. The molecule has 296 valence electrons. The summed E-state index contributed by atoms with van der Waals surface area (Å²) in [6.45, 7) is 0. The number of benzene rings is 8. The fourth-order valence-corrected chi connectivity index (χ4v) is 8.31. The number of fused-ring (bicyclic) bond motifs is 3. The number of nitriles is 4. The van der Waals surface area contributed by atoms with Gasteiger partial charge in [-0.15, -0.1) is 0 Å². The first-order valence-electron chi connectivity index (χ1n) is 20.5. The van der Waals surface area contributed by atoms with Gasteiger partial charge in [-0.3, -0.25) is 0 Å². The molecule has 0 N–H and O–H groups in total. The maximum atomic E-state index is 10.6. The van der Waals surface area contributed by atoms with Crippen molar-refractivity contribution in [2.45, 2.75) is 0 Å². The van der Waals surface area contributed by atoms with Crippen molar-refractivity contribution < 1.29 is 0 Å². The van der Waals surface area contributed by atoms with Crippen LogP contribution in [0, 0.1) is 45.3 Å². The topological polar surface area (TPSA) is 129 Å². The number of nitrogens with zero attached hydrogens (tertiary/aromatic N) is 8. The summed E-state index contributed by atoms with van der Waals surface area (Å²) in [6, 6.07) is 72.2. The number of anilines is 3. The molecule has 0 saturated heterocycles. The predicted molar refractivity (Wildman–Crippen MR) is 252 cm³/mol. The molecule has 64 heavy (non-hydrogen) atoms. The molecule has 8 aromatic carbocycles. The second-order valence-electron chi connectivity index (χ2n) is 15.1. The molecule has 0 aliphatic rings. The van der Waals surface area contributed by atoms with Gasteiger partial charge in [-0.1, -0.05) is 78.9 Å². The second kappa shape index (κ2) is 16.5. The van der Waals surface area contributed by atoms with Crippen molar-refractivity contribution in [1.29, 1.82) is 21.0 Å². The van der Waals surface area contributed by atoms with E-state index >= 15 is 0 Å². The van der Waals surface area contributed by atoms with Gasteiger partial charge < -0.3 is 9.47 Å². The lowest BCUT2D eigenvalue weighted by Gasteiger charge is -2.25. The van der Waals surface area contributed by atoms with Gasteiger partial charge in [0, 0.05) is 50.2 Å². The maximum absolute atomic E-state index is 10.6. The highest BCUT2D eigenvalue weighted by molar-refractivity contribution is 6.10. The van der Waals surface area contributed by atoms with Crippen LogP contribution >= 0.6 is 0 Å². The molecule has 0 atom stereocenters. The lowest BCUT2D eigenvalue weighted by Crippen LogP contribution is -2.09. The highest BCUT2D eigenvalue weighted by Gasteiger charge is 2.20. The van der Waals surface area contributed by atoms with Gasteiger partial charge in [0.25, 0.3) is 0 Å². The van der Waals surface area contributed by atoms with E-state index in [1.165, 1.54) is 0 Å². The quantitative estimate of drug-likeness (QED) is 0.149. The Morgan fingerprint density at radius 3 is 1.52 bits per heavy atom. The van der Waals surface area contributed by atoms with E-state index in [0.29, 0.717) is 45.0 Å². The summed E-state index contributed by atoms with van der Waals surface area (Å²) < 4.78 is 2.27. The molecule has 2 heterocycles. The Hall–Kier alpha value is -9.60. The Kier molecular flexibility index (Phi) is 9.92. The largest absolute Gasteiger partial charge is 0.310 e. The fraction of sp³-hybridized carbons (Fsp3) is 0. The Bertz CT molecular complexity index is 3420. The first-order valence-corrected chi connectivity index (χ1v) is 20.5. The molecular formula is C56H32N8. The van der Waals surface area contributed by atoms with Crippen LogP contribution in [-0.2, 0) is 0 Å². The van der Waals surface area contributed by atoms with E-state index in [4.69, 9.17) is 9.97 Å². The standard InChI is InChI=1S/C56H32N8/c57-33-37-15-19-40(20-16-37)51-32-52(62-56(61-51)41-21-17-38(34-58)18-22-41)55-43(35-59)29-42(30-44(55)36-60)39-23-25-47(26-24-39)64-53-14-8-7-13-49(53)50-31-48(27-28-54(50)64)63(45-9-3-1-4-10-45)46-11-5-2-6-12-46/h1-32H. The summed E-state index contributed by atoms with van der Waals surface area (Å²) in [6.07, 6.45) is 0. The monoisotopic (exact) mass is 816 g/mol. The average molecular weight is 817 g/mol. The number of hydrogen-bond donors (Lipinski definition) is 0. The molecule has 0 spiro atoms. The smallest absolute Gasteiger partial charge is 0.160 e. The summed E-state index contributed by atoms with van der Waals surface area (Å²) >= 11 is 0. The number of para-hydroxylation sites is 3. The van der Waals surface area contributed by atoms with Gasteiger partial charge in [0.05, 0.1) is 69.0 Å². The Balaban J connectivity index is 1.05. The highest BCUT2D eigenvalue weighted by Crippen LogP contribution is 2.40. The molecule has 0 bridgehead atoms. The first-order chi connectivity index (χ1) is 31.5. The molecule has 10 rings (SSSR count). The summed E-state index contributed by atoms with van der Waals surface area (Å²) in [5.41, 5.74) is 12.1. The van der Waals surface area contributed by atoms with Crippen LogP contribution in [0.15, 0.2) is 194 Å². The molecule has 0 aliphatic carbocycles. The Labute approximate surface area is 369 Å². The Morgan fingerprint density at radius 2 is 0.922 bits per heavy atom. The molecule has 8 nitrogen and oxygen atoms in total. The normalized spacial score (nSPS) is 10.8. The minimum Gasteiger partial charge on any atom is -0.310 e. The van der Waals surface area contributed by atoms with Crippen molar-refractivity contribution in [2.24, 2.45) is 0 Å². The summed E-state index contributed by atoms with van der Waals surface area (Å²) in [4.78, 5) is 12.0. The van der Waals surface area contributed by atoms with Crippen molar-refractivity contribution >= 4 is 38.9 Å². The van der Waals surface area contributed by atoms with Gasteiger partial charge in [0.1, 0.15) is 0 Å². The van der Waals surface area contributed by atoms with Crippen LogP contribution in [0.4, 0.5) is 17.1 Å². The summed E-state index contributed by atoms with van der Waals surface area (Å²) in [5.74, 6) is 0.361. The van der Waals surface area contributed by atoms with E-state index in [2.05, 4.69) is 137 Å². The average Bonchev–Trinajstić information content (AvgIpc) is 3.70. The SMILES string of the molecule is N#Cc1ccc(-c2cc(-c3c(C#N)cc(-c4ccc(-n5c6ccccc6c6cc(N(c7ccccc7)c7ccccc7)ccc65)cc4)cc3C#N)nc(-c3ccc(C#N)cc3)n2)cc1. The van der Waals surface area contributed by atoms with Crippen molar-refractivity contribution in [3.05, 3.63) is 216 Å². The molecule has 0 aliphatic heterocycles. The van der Waals surface area contributed by atoms with E-state index in [9.17, 15) is 21.0 Å². The van der Waals surface area contributed by atoms with Crippen LogP contribution in [0.2, 0.25) is 0 Å².